The molecule has 0 fully saturated rings. The predicted octanol–water partition coefficient (Wildman–Crippen LogP) is 5.13. The van der Waals surface area contributed by atoms with Crippen molar-refractivity contribution in [3.05, 3.63) is 80.1 Å². The largest absolute Gasteiger partial charge is 0.350 e. The second-order valence-electron chi connectivity index (χ2n) is 6.09. The van der Waals surface area contributed by atoms with Crippen molar-refractivity contribution in [2.24, 2.45) is 0 Å². The maximum atomic E-state index is 13.3. The molecule has 0 radical (unpaired) electrons. The van der Waals surface area contributed by atoms with Crippen LogP contribution in [0.15, 0.2) is 52.4 Å². The zero-order valence-corrected chi connectivity index (χ0v) is 16.9. The summed E-state index contributed by atoms with van der Waals surface area (Å²) in [5.41, 5.74) is 3.05. The number of hydrogen-bond acceptors (Lipinski definition) is 4. The number of H-pyrrole nitrogens is 1. The summed E-state index contributed by atoms with van der Waals surface area (Å²) < 4.78 is 14.5. The zero-order valence-electron chi connectivity index (χ0n) is 14.5. The monoisotopic (exact) mass is 434 g/mol. The molecule has 0 spiro atoms. The number of halogens is 3. The minimum atomic E-state index is -0.391. The van der Waals surface area contributed by atoms with Crippen molar-refractivity contribution >= 4 is 40.6 Å². The molecule has 0 unspecified atom stereocenters. The Hall–Kier alpha value is -2.35. The van der Waals surface area contributed by atoms with Crippen LogP contribution in [0.1, 0.15) is 11.3 Å². The first-order valence-corrected chi connectivity index (χ1v) is 9.99. The van der Waals surface area contributed by atoms with E-state index in [2.05, 4.69) is 15.1 Å². The number of rotatable bonds is 4. The average Bonchev–Trinajstić information content (AvgIpc) is 3.00. The van der Waals surface area contributed by atoms with E-state index in [4.69, 9.17) is 23.2 Å². The predicted molar refractivity (Wildman–Crippen MR) is 110 cm³/mol. The Bertz CT molecular complexity index is 1240. The summed E-state index contributed by atoms with van der Waals surface area (Å²) in [7, 11) is 0. The van der Waals surface area contributed by atoms with Crippen molar-refractivity contribution in [2.45, 2.75) is 17.8 Å². The number of benzene rings is 2. The standard InChI is InChI=1S/C19H13Cl2FN4OS/c1-10-16(12-3-5-13(22)6-4-12)17-23-18(24-19(27)26(17)25-10)28-9-11-2-7-14(20)15(21)8-11/h2-8H,9H2,1H3,(H,23,24,27). The van der Waals surface area contributed by atoms with E-state index in [1.54, 1.807) is 31.2 Å². The van der Waals surface area contributed by atoms with Crippen molar-refractivity contribution in [3.63, 3.8) is 0 Å². The molecule has 0 atom stereocenters. The number of thioether (sulfide) groups is 1. The smallest absolute Gasteiger partial charge is 0.285 e. The molecule has 0 amide bonds. The normalized spacial score (nSPS) is 11.3. The van der Waals surface area contributed by atoms with E-state index in [1.165, 1.54) is 28.4 Å². The summed E-state index contributed by atoms with van der Waals surface area (Å²) in [6, 6.07) is 11.4. The van der Waals surface area contributed by atoms with Gasteiger partial charge in [0.15, 0.2) is 10.8 Å². The van der Waals surface area contributed by atoms with E-state index >= 15 is 0 Å². The van der Waals surface area contributed by atoms with Crippen LogP contribution in [0.2, 0.25) is 10.0 Å². The van der Waals surface area contributed by atoms with E-state index in [-0.39, 0.29) is 5.82 Å². The van der Waals surface area contributed by atoms with Gasteiger partial charge in [-0.15, -0.1) is 0 Å². The third kappa shape index (κ3) is 3.65. The second-order valence-corrected chi connectivity index (χ2v) is 7.87. The van der Waals surface area contributed by atoms with Crippen molar-refractivity contribution < 1.29 is 4.39 Å². The van der Waals surface area contributed by atoms with E-state index < -0.39 is 5.69 Å². The van der Waals surface area contributed by atoms with Gasteiger partial charge in [-0.3, -0.25) is 4.98 Å². The lowest BCUT2D eigenvalue weighted by Crippen LogP contribution is -2.19. The number of nitrogens with one attached hydrogen (secondary N) is 1. The number of fused-ring (bicyclic) bond motifs is 1. The minimum absolute atomic E-state index is 0.332. The van der Waals surface area contributed by atoms with Crippen LogP contribution in [-0.2, 0) is 5.75 Å². The van der Waals surface area contributed by atoms with Gasteiger partial charge >= 0.3 is 5.69 Å². The van der Waals surface area contributed by atoms with Gasteiger partial charge < -0.3 is 0 Å². The first-order chi connectivity index (χ1) is 13.4. The highest BCUT2D eigenvalue weighted by Crippen LogP contribution is 2.29. The molecule has 5 nitrogen and oxygen atoms in total. The Morgan fingerprint density at radius 1 is 1.14 bits per heavy atom. The Balaban J connectivity index is 1.72. The molecule has 4 rings (SSSR count). The first-order valence-electron chi connectivity index (χ1n) is 8.24. The molecule has 2 aromatic carbocycles. The molecule has 0 aliphatic rings. The van der Waals surface area contributed by atoms with Gasteiger partial charge in [-0.1, -0.05) is 53.2 Å². The van der Waals surface area contributed by atoms with Gasteiger partial charge in [0, 0.05) is 11.3 Å². The van der Waals surface area contributed by atoms with Gasteiger partial charge in [-0.25, -0.2) is 14.2 Å². The number of aryl methyl sites for hydroxylation is 1. The van der Waals surface area contributed by atoms with Gasteiger partial charge in [0.25, 0.3) is 0 Å². The summed E-state index contributed by atoms with van der Waals surface area (Å²) in [6.45, 7) is 1.79. The average molecular weight is 435 g/mol. The molecule has 2 aromatic heterocycles. The van der Waals surface area contributed by atoms with Crippen LogP contribution < -0.4 is 5.69 Å². The first kappa shape index (κ1) is 19.0. The highest BCUT2D eigenvalue weighted by molar-refractivity contribution is 7.98. The highest BCUT2D eigenvalue weighted by Gasteiger charge is 2.16. The SMILES string of the molecule is Cc1nn2c(=O)[nH]c(SCc3ccc(Cl)c(Cl)c3)nc2c1-c1ccc(F)cc1. The minimum Gasteiger partial charge on any atom is -0.285 e. The molecule has 0 aliphatic heterocycles. The molecule has 9 heteroatoms. The maximum Gasteiger partial charge on any atom is 0.350 e. The van der Waals surface area contributed by atoms with Crippen molar-refractivity contribution in [2.75, 3.05) is 0 Å². The van der Waals surface area contributed by atoms with E-state index in [1.807, 2.05) is 6.07 Å². The fourth-order valence-corrected chi connectivity index (χ4v) is 3.95. The molecule has 0 aliphatic carbocycles. The fraction of sp³-hybridized carbons (Fsp3) is 0.105. The summed E-state index contributed by atoms with van der Waals surface area (Å²) >= 11 is 13.4. The molecule has 4 aromatic rings. The Morgan fingerprint density at radius 2 is 1.89 bits per heavy atom. The number of aromatic nitrogens is 4. The third-order valence-corrected chi connectivity index (χ3v) is 5.83. The number of nitrogens with zero attached hydrogens (tertiary/aromatic N) is 3. The van der Waals surface area contributed by atoms with Gasteiger partial charge in [0.1, 0.15) is 5.82 Å². The molecular formula is C19H13Cl2FN4OS. The lowest BCUT2D eigenvalue weighted by atomic mass is 10.1. The molecule has 0 saturated carbocycles. The molecule has 28 heavy (non-hydrogen) atoms. The van der Waals surface area contributed by atoms with Crippen LogP contribution in [-0.4, -0.2) is 19.6 Å². The molecular weight excluding hydrogens is 422 g/mol. The van der Waals surface area contributed by atoms with E-state index in [0.29, 0.717) is 37.9 Å². The second kappa shape index (κ2) is 7.58. The van der Waals surface area contributed by atoms with E-state index in [0.717, 1.165) is 11.1 Å². The Labute approximate surface area is 173 Å². The molecule has 142 valence electrons. The molecule has 1 N–H and O–H groups in total. The Morgan fingerprint density at radius 3 is 2.61 bits per heavy atom. The number of aromatic amines is 1. The van der Waals surface area contributed by atoms with Crippen LogP contribution in [0.3, 0.4) is 0 Å². The van der Waals surface area contributed by atoms with Crippen LogP contribution >= 0.6 is 35.0 Å². The quantitative estimate of drug-likeness (QED) is 0.452. The molecule has 0 saturated heterocycles. The summed E-state index contributed by atoms with van der Waals surface area (Å²) in [5, 5.41) is 5.68. The lowest BCUT2D eigenvalue weighted by Gasteiger charge is -2.05. The van der Waals surface area contributed by atoms with Gasteiger partial charge in [-0.2, -0.15) is 9.61 Å². The van der Waals surface area contributed by atoms with Crippen LogP contribution in [0, 0.1) is 12.7 Å². The molecule has 2 heterocycles. The third-order valence-electron chi connectivity index (χ3n) is 4.14. The summed E-state index contributed by atoms with van der Waals surface area (Å²) in [5.74, 6) is 0.219. The van der Waals surface area contributed by atoms with Gasteiger partial charge in [-0.05, 0) is 42.3 Å². The molecule has 0 bridgehead atoms. The summed E-state index contributed by atoms with van der Waals surface area (Å²) in [4.78, 5) is 19.7. The van der Waals surface area contributed by atoms with Gasteiger partial charge in [0.2, 0.25) is 0 Å². The lowest BCUT2D eigenvalue weighted by molar-refractivity contribution is 0.628. The van der Waals surface area contributed by atoms with Crippen molar-refractivity contribution in [3.8, 4) is 11.1 Å². The van der Waals surface area contributed by atoms with Crippen LogP contribution in [0.25, 0.3) is 16.8 Å². The summed E-state index contributed by atoms with van der Waals surface area (Å²) in [6.07, 6.45) is 0. The topological polar surface area (TPSA) is 63.1 Å². The Kier molecular flexibility index (Phi) is 5.14. The van der Waals surface area contributed by atoms with Crippen LogP contribution in [0.5, 0.6) is 0 Å². The van der Waals surface area contributed by atoms with E-state index in [9.17, 15) is 9.18 Å². The van der Waals surface area contributed by atoms with Crippen molar-refractivity contribution in [1.29, 1.82) is 0 Å². The maximum absolute atomic E-state index is 13.3. The van der Waals surface area contributed by atoms with Crippen molar-refractivity contribution in [1.82, 2.24) is 19.6 Å². The zero-order chi connectivity index (χ0) is 19.8. The number of hydrogen-bond donors (Lipinski definition) is 1. The highest BCUT2D eigenvalue weighted by atomic mass is 35.5. The van der Waals surface area contributed by atoms with Gasteiger partial charge in [0.05, 0.1) is 15.7 Å². The fourth-order valence-electron chi connectivity index (χ4n) is 2.83. The van der Waals surface area contributed by atoms with Crippen LogP contribution in [0.4, 0.5) is 4.39 Å².